The lowest BCUT2D eigenvalue weighted by Crippen LogP contribution is -2.38. The Balaban J connectivity index is 2.50. The number of carbonyl (C=O) groups is 2. The molecule has 0 fully saturated rings. The highest BCUT2D eigenvalue weighted by Crippen LogP contribution is 2.36. The summed E-state index contributed by atoms with van der Waals surface area (Å²) in [6, 6.07) is 4.75. The topological polar surface area (TPSA) is 55.4 Å². The number of thioether (sulfide) groups is 1. The van der Waals surface area contributed by atoms with Crippen molar-refractivity contribution in [1.29, 1.82) is 0 Å². The molecule has 0 aromatic heterocycles. The summed E-state index contributed by atoms with van der Waals surface area (Å²) >= 11 is -0.267. The van der Waals surface area contributed by atoms with Crippen LogP contribution in [0.2, 0.25) is 0 Å². The van der Waals surface area contributed by atoms with Crippen LogP contribution >= 0.6 is 11.8 Å². The normalized spacial score (nSPS) is 12.8. The van der Waals surface area contributed by atoms with Gasteiger partial charge in [0.1, 0.15) is 0 Å². The van der Waals surface area contributed by atoms with E-state index in [-0.39, 0.29) is 34.2 Å². The number of amides is 1. The Kier molecular flexibility index (Phi) is 6.93. The van der Waals surface area contributed by atoms with Gasteiger partial charge < -0.3 is 10.1 Å². The number of nitrogens with one attached hydrogen (secondary N) is 1. The number of esters is 1. The second-order valence-corrected chi connectivity index (χ2v) is 6.39. The highest BCUT2D eigenvalue weighted by atomic mass is 32.2. The van der Waals surface area contributed by atoms with E-state index in [2.05, 4.69) is 5.32 Å². The molecule has 23 heavy (non-hydrogen) atoms. The van der Waals surface area contributed by atoms with Gasteiger partial charge in [-0.2, -0.15) is 13.2 Å². The Morgan fingerprint density at radius 2 is 1.74 bits per heavy atom. The molecule has 0 saturated heterocycles. The first-order valence-electron chi connectivity index (χ1n) is 6.91. The zero-order valence-corrected chi connectivity index (χ0v) is 13.8. The summed E-state index contributed by atoms with van der Waals surface area (Å²) in [5.74, 6) is -0.946. The standard InChI is InChI=1S/C15H18F3NO3S/c1-9(2)10(3)19-13(20)8-22-14(21)11-4-6-12(7-5-11)23-15(16,17)18/h4-7,9-10H,8H2,1-3H3,(H,19,20)/t10-/m1/s1. The predicted octanol–water partition coefficient (Wildman–Crippen LogP) is 3.62. The summed E-state index contributed by atoms with van der Waals surface area (Å²) in [5.41, 5.74) is -4.30. The first-order chi connectivity index (χ1) is 10.6. The van der Waals surface area contributed by atoms with Crippen molar-refractivity contribution in [1.82, 2.24) is 5.32 Å². The van der Waals surface area contributed by atoms with Gasteiger partial charge in [-0.3, -0.25) is 4.79 Å². The highest BCUT2D eigenvalue weighted by molar-refractivity contribution is 8.00. The van der Waals surface area contributed by atoms with Crippen LogP contribution in [0.25, 0.3) is 0 Å². The van der Waals surface area contributed by atoms with Gasteiger partial charge in [0.25, 0.3) is 5.91 Å². The number of rotatable bonds is 6. The molecule has 1 atom stereocenters. The number of benzene rings is 1. The molecule has 1 N–H and O–H groups in total. The third kappa shape index (κ3) is 7.40. The lowest BCUT2D eigenvalue weighted by atomic mass is 10.1. The molecular formula is C15H18F3NO3S. The van der Waals surface area contributed by atoms with Crippen LogP contribution in [0.1, 0.15) is 31.1 Å². The summed E-state index contributed by atoms with van der Waals surface area (Å²) in [6.45, 7) is 5.28. The van der Waals surface area contributed by atoms with E-state index in [0.717, 1.165) is 0 Å². The van der Waals surface area contributed by atoms with Crippen LogP contribution in [0.4, 0.5) is 13.2 Å². The van der Waals surface area contributed by atoms with Gasteiger partial charge in [0, 0.05) is 10.9 Å². The monoisotopic (exact) mass is 349 g/mol. The van der Waals surface area contributed by atoms with Crippen molar-refractivity contribution in [2.45, 2.75) is 37.2 Å². The largest absolute Gasteiger partial charge is 0.452 e. The lowest BCUT2D eigenvalue weighted by molar-refractivity contribution is -0.125. The molecule has 0 aliphatic heterocycles. The molecular weight excluding hydrogens is 331 g/mol. The molecule has 8 heteroatoms. The van der Waals surface area contributed by atoms with Gasteiger partial charge in [-0.05, 0) is 48.9 Å². The number of hydrogen-bond donors (Lipinski definition) is 1. The van der Waals surface area contributed by atoms with Crippen molar-refractivity contribution >= 4 is 23.6 Å². The molecule has 0 unspecified atom stereocenters. The molecule has 1 amide bonds. The molecule has 0 aliphatic carbocycles. The molecule has 0 radical (unpaired) electrons. The van der Waals surface area contributed by atoms with Crippen LogP contribution in [-0.4, -0.2) is 30.0 Å². The lowest BCUT2D eigenvalue weighted by Gasteiger charge is -2.17. The van der Waals surface area contributed by atoms with Gasteiger partial charge in [0.2, 0.25) is 0 Å². The van der Waals surface area contributed by atoms with E-state index in [4.69, 9.17) is 4.74 Å². The van der Waals surface area contributed by atoms with Crippen LogP contribution in [0, 0.1) is 5.92 Å². The number of halogens is 3. The van der Waals surface area contributed by atoms with Gasteiger partial charge in [-0.15, -0.1) is 0 Å². The van der Waals surface area contributed by atoms with E-state index in [1.165, 1.54) is 24.3 Å². The molecule has 0 spiro atoms. The summed E-state index contributed by atoms with van der Waals surface area (Å²) in [4.78, 5) is 23.3. The van der Waals surface area contributed by atoms with Crippen molar-refractivity contribution in [3.63, 3.8) is 0 Å². The zero-order chi connectivity index (χ0) is 17.6. The maximum absolute atomic E-state index is 12.2. The third-order valence-electron chi connectivity index (χ3n) is 3.05. The number of carbonyl (C=O) groups excluding carboxylic acids is 2. The molecule has 0 saturated carbocycles. The Bertz CT molecular complexity index is 544. The minimum Gasteiger partial charge on any atom is -0.452 e. The van der Waals surface area contributed by atoms with Crippen LogP contribution in [0.15, 0.2) is 29.2 Å². The minimum absolute atomic E-state index is 0.0300. The summed E-state index contributed by atoms with van der Waals surface area (Å²) < 4.78 is 41.4. The quantitative estimate of drug-likeness (QED) is 0.630. The average molecular weight is 349 g/mol. The fourth-order valence-electron chi connectivity index (χ4n) is 1.47. The van der Waals surface area contributed by atoms with Gasteiger partial charge in [-0.25, -0.2) is 4.79 Å². The highest BCUT2D eigenvalue weighted by Gasteiger charge is 2.29. The van der Waals surface area contributed by atoms with Crippen molar-refractivity contribution < 1.29 is 27.5 Å². The van der Waals surface area contributed by atoms with E-state index < -0.39 is 24.0 Å². The number of alkyl halides is 3. The molecule has 0 bridgehead atoms. The van der Waals surface area contributed by atoms with E-state index in [0.29, 0.717) is 0 Å². The Labute approximate surface area is 136 Å². The zero-order valence-electron chi connectivity index (χ0n) is 12.9. The van der Waals surface area contributed by atoms with Crippen LogP contribution in [-0.2, 0) is 9.53 Å². The predicted molar refractivity (Wildman–Crippen MR) is 81.1 cm³/mol. The smallest absolute Gasteiger partial charge is 0.446 e. The third-order valence-corrected chi connectivity index (χ3v) is 3.79. The van der Waals surface area contributed by atoms with E-state index >= 15 is 0 Å². The fourth-order valence-corrected chi connectivity index (χ4v) is 2.01. The number of hydrogen-bond acceptors (Lipinski definition) is 4. The summed E-state index contributed by atoms with van der Waals surface area (Å²) in [6.07, 6.45) is 0. The fraction of sp³-hybridized carbons (Fsp3) is 0.467. The van der Waals surface area contributed by atoms with Crippen molar-refractivity contribution in [2.24, 2.45) is 5.92 Å². The molecule has 0 heterocycles. The molecule has 4 nitrogen and oxygen atoms in total. The Hall–Kier alpha value is -1.70. The van der Waals surface area contributed by atoms with E-state index in [9.17, 15) is 22.8 Å². The summed E-state index contributed by atoms with van der Waals surface area (Å²) in [5, 5.41) is 2.68. The second kappa shape index (κ2) is 8.24. The van der Waals surface area contributed by atoms with Crippen molar-refractivity contribution in [3.05, 3.63) is 29.8 Å². The minimum atomic E-state index is -4.38. The van der Waals surface area contributed by atoms with Gasteiger partial charge in [0.15, 0.2) is 6.61 Å². The maximum atomic E-state index is 12.2. The van der Waals surface area contributed by atoms with Crippen molar-refractivity contribution in [3.8, 4) is 0 Å². The molecule has 128 valence electrons. The van der Waals surface area contributed by atoms with Gasteiger partial charge in [0.05, 0.1) is 5.56 Å². The van der Waals surface area contributed by atoms with Crippen LogP contribution in [0.5, 0.6) is 0 Å². The SMILES string of the molecule is CC(C)[C@@H](C)NC(=O)COC(=O)c1ccc(SC(F)(F)F)cc1. The molecule has 0 aliphatic rings. The molecule has 1 aromatic carbocycles. The molecule has 1 rings (SSSR count). The van der Waals surface area contributed by atoms with Gasteiger partial charge in [-0.1, -0.05) is 13.8 Å². The average Bonchev–Trinajstić information content (AvgIpc) is 2.43. The first-order valence-corrected chi connectivity index (χ1v) is 7.72. The number of ether oxygens (including phenoxy) is 1. The van der Waals surface area contributed by atoms with Gasteiger partial charge >= 0.3 is 11.5 Å². The van der Waals surface area contributed by atoms with Crippen LogP contribution in [0.3, 0.4) is 0 Å². The van der Waals surface area contributed by atoms with E-state index in [1.54, 1.807) is 0 Å². The van der Waals surface area contributed by atoms with E-state index in [1.807, 2.05) is 20.8 Å². The second-order valence-electron chi connectivity index (χ2n) is 5.25. The molecule has 1 aromatic rings. The first kappa shape index (κ1) is 19.3. The Morgan fingerprint density at radius 1 is 1.17 bits per heavy atom. The van der Waals surface area contributed by atoms with Crippen LogP contribution < -0.4 is 5.32 Å². The maximum Gasteiger partial charge on any atom is 0.446 e. The Morgan fingerprint density at radius 3 is 2.22 bits per heavy atom. The summed E-state index contributed by atoms with van der Waals surface area (Å²) in [7, 11) is 0. The van der Waals surface area contributed by atoms with Crippen molar-refractivity contribution in [2.75, 3.05) is 6.61 Å².